The van der Waals surface area contributed by atoms with Gasteiger partial charge in [0.1, 0.15) is 0 Å². The Balaban J connectivity index is 1.52. The predicted octanol–water partition coefficient (Wildman–Crippen LogP) is 4.15. The summed E-state index contributed by atoms with van der Waals surface area (Å²) in [4.78, 5) is 15.3. The number of ether oxygens (including phenoxy) is 2. The van der Waals surface area contributed by atoms with Crippen LogP contribution >= 0.6 is 0 Å². The number of carbonyl (C=O) groups is 1. The van der Waals surface area contributed by atoms with E-state index in [9.17, 15) is 4.79 Å². The molecule has 0 saturated heterocycles. The first-order valence-corrected chi connectivity index (χ1v) is 10.1. The van der Waals surface area contributed by atoms with E-state index in [0.29, 0.717) is 19.0 Å². The van der Waals surface area contributed by atoms with E-state index in [1.165, 1.54) is 12.8 Å². The summed E-state index contributed by atoms with van der Waals surface area (Å²) in [5, 5.41) is 0. The zero-order valence-corrected chi connectivity index (χ0v) is 16.4. The number of nitrogens with two attached hydrogens (primary N) is 1. The molecule has 1 aliphatic heterocycles. The molecule has 1 heterocycles. The topological polar surface area (TPSA) is 64.8 Å². The van der Waals surface area contributed by atoms with Crippen molar-refractivity contribution in [3.63, 3.8) is 0 Å². The van der Waals surface area contributed by atoms with Gasteiger partial charge in [0.15, 0.2) is 11.5 Å². The van der Waals surface area contributed by atoms with Gasteiger partial charge in [0, 0.05) is 18.3 Å². The number of nitrogen functional groups attached to an aromatic ring is 1. The Hall–Kier alpha value is -2.69. The monoisotopic (exact) mass is 380 g/mol. The van der Waals surface area contributed by atoms with E-state index in [1.807, 2.05) is 42.5 Å². The van der Waals surface area contributed by atoms with Crippen LogP contribution in [-0.2, 0) is 17.8 Å². The third-order valence-corrected chi connectivity index (χ3v) is 5.87. The van der Waals surface area contributed by atoms with Crippen molar-refractivity contribution in [1.82, 2.24) is 4.90 Å². The molecule has 148 valence electrons. The summed E-state index contributed by atoms with van der Waals surface area (Å²) in [6, 6.07) is 13.8. The molecule has 5 nitrogen and oxygen atoms in total. The van der Waals surface area contributed by atoms with E-state index in [0.717, 1.165) is 47.1 Å². The normalized spacial score (nSPS) is 20.8. The molecule has 2 N–H and O–H groups in total. The first-order chi connectivity index (χ1) is 13.6. The fourth-order valence-electron chi connectivity index (χ4n) is 4.12. The number of amides is 1. The largest absolute Gasteiger partial charge is 0.454 e. The molecular weight excluding hydrogens is 352 g/mol. The average molecular weight is 380 g/mol. The number of carbonyl (C=O) groups excluding carboxylic acids is 1. The van der Waals surface area contributed by atoms with Gasteiger partial charge in [-0.2, -0.15) is 0 Å². The zero-order valence-electron chi connectivity index (χ0n) is 16.4. The Morgan fingerprint density at radius 2 is 1.68 bits per heavy atom. The molecular formula is C23H28N2O3. The number of anilines is 1. The Labute approximate surface area is 166 Å². The third kappa shape index (κ3) is 4.24. The van der Waals surface area contributed by atoms with Gasteiger partial charge in [-0.25, -0.2) is 0 Å². The second-order valence-electron chi connectivity index (χ2n) is 8.04. The minimum atomic E-state index is 0.169. The van der Waals surface area contributed by atoms with E-state index < -0.39 is 0 Å². The summed E-state index contributed by atoms with van der Waals surface area (Å²) in [5.74, 6) is 2.45. The number of hydrogen-bond acceptors (Lipinski definition) is 4. The van der Waals surface area contributed by atoms with Crippen molar-refractivity contribution in [1.29, 1.82) is 0 Å². The molecule has 2 aromatic rings. The molecule has 0 bridgehead atoms. The van der Waals surface area contributed by atoms with Crippen LogP contribution in [0.1, 0.15) is 43.7 Å². The van der Waals surface area contributed by atoms with Crippen LogP contribution in [-0.4, -0.2) is 23.6 Å². The Kier molecular flexibility index (Phi) is 5.42. The molecule has 0 aromatic heterocycles. The van der Waals surface area contributed by atoms with E-state index >= 15 is 0 Å². The van der Waals surface area contributed by atoms with E-state index in [-0.39, 0.29) is 12.7 Å². The number of nitrogens with zero attached hydrogens (tertiary/aromatic N) is 1. The van der Waals surface area contributed by atoms with Crippen LogP contribution in [0.2, 0.25) is 0 Å². The Bertz CT molecular complexity index is 826. The standard InChI is InChI=1S/C23H28N2O3/c1-16-2-9-20(10-3-16)25(23(26)13-17-4-7-19(24)8-5-17)14-18-6-11-21-22(12-18)28-15-27-21/h4-8,11-12,16,20H,2-3,9-10,13-15,24H2,1H3. The van der Waals surface area contributed by atoms with Crippen LogP contribution in [0.4, 0.5) is 5.69 Å². The first kappa shape index (κ1) is 18.7. The van der Waals surface area contributed by atoms with Gasteiger partial charge in [-0.05, 0) is 67.0 Å². The maximum atomic E-state index is 13.3. The molecule has 5 heteroatoms. The quantitative estimate of drug-likeness (QED) is 0.792. The number of fused-ring (bicyclic) bond motifs is 1. The van der Waals surface area contributed by atoms with E-state index in [4.69, 9.17) is 15.2 Å². The maximum Gasteiger partial charge on any atom is 0.231 e. The van der Waals surface area contributed by atoms with Crippen molar-refractivity contribution in [2.45, 2.75) is 51.6 Å². The molecule has 1 saturated carbocycles. The summed E-state index contributed by atoms with van der Waals surface area (Å²) in [5.41, 5.74) is 8.57. The van der Waals surface area contributed by atoms with Crippen LogP contribution < -0.4 is 15.2 Å². The Morgan fingerprint density at radius 1 is 1.00 bits per heavy atom. The SMILES string of the molecule is CC1CCC(N(Cc2ccc3c(c2)OCO3)C(=O)Cc2ccc(N)cc2)CC1. The molecule has 0 unspecified atom stereocenters. The molecule has 0 atom stereocenters. The van der Waals surface area contributed by atoms with Crippen molar-refractivity contribution in [3.8, 4) is 11.5 Å². The van der Waals surface area contributed by atoms with Gasteiger partial charge >= 0.3 is 0 Å². The van der Waals surface area contributed by atoms with Gasteiger partial charge in [0.2, 0.25) is 12.7 Å². The molecule has 2 aliphatic rings. The lowest BCUT2D eigenvalue weighted by molar-refractivity contribution is -0.134. The highest BCUT2D eigenvalue weighted by atomic mass is 16.7. The van der Waals surface area contributed by atoms with Crippen LogP contribution in [0.15, 0.2) is 42.5 Å². The highest BCUT2D eigenvalue weighted by molar-refractivity contribution is 5.79. The zero-order chi connectivity index (χ0) is 19.5. The lowest BCUT2D eigenvalue weighted by Crippen LogP contribution is -2.42. The highest BCUT2D eigenvalue weighted by Crippen LogP contribution is 2.34. The molecule has 0 radical (unpaired) electrons. The number of benzene rings is 2. The van der Waals surface area contributed by atoms with Crippen molar-refractivity contribution >= 4 is 11.6 Å². The fraction of sp³-hybridized carbons (Fsp3) is 0.435. The lowest BCUT2D eigenvalue weighted by Gasteiger charge is -2.36. The summed E-state index contributed by atoms with van der Waals surface area (Å²) in [6.07, 6.45) is 4.89. The molecule has 4 rings (SSSR count). The van der Waals surface area contributed by atoms with E-state index in [1.54, 1.807) is 0 Å². The third-order valence-electron chi connectivity index (χ3n) is 5.87. The predicted molar refractivity (Wildman–Crippen MR) is 109 cm³/mol. The smallest absolute Gasteiger partial charge is 0.231 e. The molecule has 1 aliphatic carbocycles. The van der Waals surface area contributed by atoms with Crippen molar-refractivity contribution in [3.05, 3.63) is 53.6 Å². The van der Waals surface area contributed by atoms with Crippen LogP contribution in [0, 0.1) is 5.92 Å². The Morgan fingerprint density at radius 3 is 2.43 bits per heavy atom. The minimum absolute atomic E-state index is 0.169. The van der Waals surface area contributed by atoms with E-state index in [2.05, 4.69) is 11.8 Å². The van der Waals surface area contributed by atoms with Crippen LogP contribution in [0.3, 0.4) is 0 Å². The van der Waals surface area contributed by atoms with Gasteiger partial charge in [0.25, 0.3) is 0 Å². The van der Waals surface area contributed by atoms with Gasteiger partial charge in [0.05, 0.1) is 6.42 Å². The van der Waals surface area contributed by atoms with Crippen molar-refractivity contribution < 1.29 is 14.3 Å². The summed E-state index contributed by atoms with van der Waals surface area (Å²) in [6.45, 7) is 3.16. The minimum Gasteiger partial charge on any atom is -0.454 e. The van der Waals surface area contributed by atoms with Crippen LogP contribution in [0.25, 0.3) is 0 Å². The fourth-order valence-corrected chi connectivity index (χ4v) is 4.12. The molecule has 1 amide bonds. The van der Waals surface area contributed by atoms with Gasteiger partial charge in [-0.1, -0.05) is 25.1 Å². The van der Waals surface area contributed by atoms with Crippen LogP contribution in [0.5, 0.6) is 11.5 Å². The van der Waals surface area contributed by atoms with Gasteiger partial charge in [-0.15, -0.1) is 0 Å². The van der Waals surface area contributed by atoms with Crippen molar-refractivity contribution in [2.24, 2.45) is 5.92 Å². The van der Waals surface area contributed by atoms with Gasteiger partial charge in [-0.3, -0.25) is 4.79 Å². The highest BCUT2D eigenvalue weighted by Gasteiger charge is 2.28. The second-order valence-corrected chi connectivity index (χ2v) is 8.04. The first-order valence-electron chi connectivity index (χ1n) is 10.1. The lowest BCUT2D eigenvalue weighted by atomic mass is 9.86. The molecule has 2 aromatic carbocycles. The molecule has 28 heavy (non-hydrogen) atoms. The average Bonchev–Trinajstić information content (AvgIpc) is 3.16. The summed E-state index contributed by atoms with van der Waals surface area (Å²) < 4.78 is 10.9. The number of hydrogen-bond donors (Lipinski definition) is 1. The second kappa shape index (κ2) is 8.13. The van der Waals surface area contributed by atoms with Crippen molar-refractivity contribution in [2.75, 3.05) is 12.5 Å². The number of rotatable bonds is 5. The summed E-state index contributed by atoms with van der Waals surface area (Å²) >= 11 is 0. The summed E-state index contributed by atoms with van der Waals surface area (Å²) in [7, 11) is 0. The maximum absolute atomic E-state index is 13.3. The molecule has 1 fully saturated rings. The molecule has 0 spiro atoms. The van der Waals surface area contributed by atoms with Gasteiger partial charge < -0.3 is 20.1 Å².